The molecule has 1 saturated carbocycles. The summed E-state index contributed by atoms with van der Waals surface area (Å²) in [5.41, 5.74) is -2.69. The minimum atomic E-state index is -1.20. The molecular weight excluding hydrogens is 282 g/mol. The van der Waals surface area contributed by atoms with Gasteiger partial charge in [-0.25, -0.2) is 0 Å². The molecule has 3 unspecified atom stereocenters. The van der Waals surface area contributed by atoms with Gasteiger partial charge in [0.2, 0.25) is 5.91 Å². The lowest BCUT2D eigenvalue weighted by Crippen LogP contribution is -2.63. The summed E-state index contributed by atoms with van der Waals surface area (Å²) in [5, 5.41) is 0. The lowest BCUT2D eigenvalue weighted by Gasteiger charge is -2.50. The van der Waals surface area contributed by atoms with Crippen LogP contribution in [0.15, 0.2) is 0 Å². The second-order valence-electron chi connectivity index (χ2n) is 8.04. The molecule has 0 aromatic heterocycles. The van der Waals surface area contributed by atoms with Gasteiger partial charge in [0.15, 0.2) is 5.41 Å². The molecule has 2 bridgehead atoms. The molecule has 0 aromatic rings. The van der Waals surface area contributed by atoms with E-state index < -0.39 is 28.2 Å². The van der Waals surface area contributed by atoms with Crippen molar-refractivity contribution in [3.05, 3.63) is 0 Å². The molecular formula is C17H25NO4. The van der Waals surface area contributed by atoms with Crippen molar-refractivity contribution in [2.75, 3.05) is 13.1 Å². The molecule has 122 valence electrons. The number of hydrogen-bond donors (Lipinski definition) is 0. The number of esters is 2. The second kappa shape index (κ2) is 4.56. The molecule has 3 aliphatic rings. The third-order valence-electron chi connectivity index (χ3n) is 6.74. The Morgan fingerprint density at radius 2 is 1.86 bits per heavy atom. The van der Waals surface area contributed by atoms with Gasteiger partial charge in [0.25, 0.3) is 0 Å². The fourth-order valence-corrected chi connectivity index (χ4v) is 4.64. The standard InChI is InChI=1S/C17H25NO4/c1-11-6-5-9-18(10-11)12(19)17-8-7-16(4,15(17,2)3)13(20)22-14(17)21/h11H,5-10H2,1-4H3. The largest absolute Gasteiger partial charge is 0.392 e. The zero-order valence-electron chi connectivity index (χ0n) is 13.9. The number of nitrogens with zero attached hydrogens (tertiary/aromatic N) is 1. The molecule has 0 N–H and O–H groups in total. The lowest BCUT2D eigenvalue weighted by molar-refractivity contribution is -0.199. The summed E-state index contributed by atoms with van der Waals surface area (Å²) >= 11 is 0. The maximum atomic E-state index is 13.3. The highest BCUT2D eigenvalue weighted by atomic mass is 16.6. The summed E-state index contributed by atoms with van der Waals surface area (Å²) < 4.78 is 5.03. The minimum Gasteiger partial charge on any atom is -0.392 e. The fraction of sp³-hybridized carbons (Fsp3) is 0.824. The van der Waals surface area contributed by atoms with Crippen molar-refractivity contribution in [1.29, 1.82) is 0 Å². The van der Waals surface area contributed by atoms with Crippen LogP contribution in [0.3, 0.4) is 0 Å². The average molecular weight is 307 g/mol. The number of rotatable bonds is 1. The average Bonchev–Trinajstić information content (AvgIpc) is 2.60. The van der Waals surface area contributed by atoms with Crippen molar-refractivity contribution >= 4 is 17.8 Å². The van der Waals surface area contributed by atoms with E-state index >= 15 is 0 Å². The van der Waals surface area contributed by atoms with Gasteiger partial charge in [-0.2, -0.15) is 0 Å². The van der Waals surface area contributed by atoms with Gasteiger partial charge in [0, 0.05) is 18.5 Å². The fourth-order valence-electron chi connectivity index (χ4n) is 4.64. The van der Waals surface area contributed by atoms with E-state index in [-0.39, 0.29) is 5.91 Å². The van der Waals surface area contributed by atoms with Gasteiger partial charge in [-0.05, 0) is 38.5 Å². The summed E-state index contributed by atoms with van der Waals surface area (Å²) in [6, 6.07) is 0. The number of ether oxygens (including phenoxy) is 1. The Hall–Kier alpha value is -1.39. The van der Waals surface area contributed by atoms with Gasteiger partial charge in [-0.3, -0.25) is 14.4 Å². The van der Waals surface area contributed by atoms with Crippen LogP contribution in [-0.4, -0.2) is 35.8 Å². The van der Waals surface area contributed by atoms with Crippen molar-refractivity contribution < 1.29 is 19.1 Å². The van der Waals surface area contributed by atoms with Crippen LogP contribution in [0.5, 0.6) is 0 Å². The third kappa shape index (κ3) is 1.62. The highest BCUT2D eigenvalue weighted by molar-refractivity contribution is 6.11. The molecule has 0 spiro atoms. The third-order valence-corrected chi connectivity index (χ3v) is 6.74. The Balaban J connectivity index is 2.02. The highest BCUT2D eigenvalue weighted by Gasteiger charge is 2.75. The van der Waals surface area contributed by atoms with Crippen LogP contribution >= 0.6 is 0 Å². The number of carbonyl (C=O) groups is 3. The highest BCUT2D eigenvalue weighted by Crippen LogP contribution is 2.66. The van der Waals surface area contributed by atoms with Crippen LogP contribution < -0.4 is 0 Å². The lowest BCUT2D eigenvalue weighted by atomic mass is 9.56. The van der Waals surface area contributed by atoms with Crippen LogP contribution in [0.25, 0.3) is 0 Å². The first kappa shape index (κ1) is 15.5. The first-order chi connectivity index (χ1) is 10.2. The van der Waals surface area contributed by atoms with Crippen molar-refractivity contribution in [2.24, 2.45) is 22.2 Å². The smallest absolute Gasteiger partial charge is 0.329 e. The Labute approximate surface area is 131 Å². The zero-order chi connectivity index (χ0) is 16.3. The van der Waals surface area contributed by atoms with E-state index in [0.29, 0.717) is 31.8 Å². The van der Waals surface area contributed by atoms with Crippen LogP contribution in [0, 0.1) is 22.2 Å². The van der Waals surface area contributed by atoms with Gasteiger partial charge in [0.05, 0.1) is 5.41 Å². The molecule has 1 amide bonds. The Morgan fingerprint density at radius 1 is 1.18 bits per heavy atom. The van der Waals surface area contributed by atoms with Crippen molar-refractivity contribution in [3.63, 3.8) is 0 Å². The predicted octanol–water partition coefficient (Wildman–Crippen LogP) is 2.14. The van der Waals surface area contributed by atoms with Crippen LogP contribution in [-0.2, 0) is 19.1 Å². The first-order valence-electron chi connectivity index (χ1n) is 8.23. The van der Waals surface area contributed by atoms with E-state index in [1.165, 1.54) is 0 Å². The van der Waals surface area contributed by atoms with Gasteiger partial charge in [0.1, 0.15) is 0 Å². The number of fused-ring (bicyclic) bond motifs is 2. The van der Waals surface area contributed by atoms with E-state index in [9.17, 15) is 14.4 Å². The Bertz CT molecular complexity index is 555. The Kier molecular flexibility index (Phi) is 3.21. The molecule has 3 rings (SSSR count). The van der Waals surface area contributed by atoms with E-state index in [2.05, 4.69) is 6.92 Å². The molecule has 2 aliphatic heterocycles. The molecule has 1 aliphatic carbocycles. The summed E-state index contributed by atoms with van der Waals surface area (Å²) in [6.45, 7) is 9.10. The van der Waals surface area contributed by atoms with Crippen molar-refractivity contribution in [1.82, 2.24) is 4.90 Å². The number of amides is 1. The molecule has 22 heavy (non-hydrogen) atoms. The predicted molar refractivity (Wildman–Crippen MR) is 79.6 cm³/mol. The van der Waals surface area contributed by atoms with Crippen molar-refractivity contribution in [3.8, 4) is 0 Å². The van der Waals surface area contributed by atoms with Crippen molar-refractivity contribution in [2.45, 2.75) is 53.4 Å². The summed E-state index contributed by atoms with van der Waals surface area (Å²) in [5.74, 6) is -0.798. The molecule has 3 fully saturated rings. The van der Waals surface area contributed by atoms with Gasteiger partial charge in [-0.15, -0.1) is 0 Å². The number of hydrogen-bond acceptors (Lipinski definition) is 4. The topological polar surface area (TPSA) is 63.7 Å². The van der Waals surface area contributed by atoms with E-state index in [1.807, 2.05) is 25.7 Å². The van der Waals surface area contributed by atoms with Gasteiger partial charge >= 0.3 is 11.9 Å². The molecule has 2 heterocycles. The maximum absolute atomic E-state index is 13.3. The van der Waals surface area contributed by atoms with Gasteiger partial charge < -0.3 is 9.64 Å². The zero-order valence-corrected chi connectivity index (χ0v) is 13.9. The molecule has 0 radical (unpaired) electrons. The summed E-state index contributed by atoms with van der Waals surface area (Å²) in [7, 11) is 0. The molecule has 5 nitrogen and oxygen atoms in total. The van der Waals surface area contributed by atoms with E-state index in [0.717, 1.165) is 12.8 Å². The number of carbonyl (C=O) groups excluding carboxylic acids is 3. The summed E-state index contributed by atoms with van der Waals surface area (Å²) in [6.07, 6.45) is 3.01. The Morgan fingerprint density at radius 3 is 2.50 bits per heavy atom. The quantitative estimate of drug-likeness (QED) is 0.550. The number of cyclic esters (lactones) is 2. The van der Waals surface area contributed by atoms with Crippen LogP contribution in [0.2, 0.25) is 0 Å². The normalized spacial score (nSPS) is 40.5. The minimum absolute atomic E-state index is 0.134. The molecule has 0 aromatic carbocycles. The van der Waals surface area contributed by atoms with Crippen LogP contribution in [0.4, 0.5) is 0 Å². The maximum Gasteiger partial charge on any atom is 0.329 e. The first-order valence-corrected chi connectivity index (χ1v) is 8.23. The SMILES string of the molecule is CC1CCCN(C(=O)C23CCC(C)(C(=O)OC2=O)C3(C)C)C1. The number of piperidine rings is 1. The molecule has 2 saturated heterocycles. The van der Waals surface area contributed by atoms with E-state index in [4.69, 9.17) is 4.74 Å². The monoisotopic (exact) mass is 307 g/mol. The van der Waals surface area contributed by atoms with Gasteiger partial charge in [-0.1, -0.05) is 20.8 Å². The molecule has 3 atom stereocenters. The molecule has 5 heteroatoms. The summed E-state index contributed by atoms with van der Waals surface area (Å²) in [4.78, 5) is 39.9. The second-order valence-corrected chi connectivity index (χ2v) is 8.04. The number of likely N-dealkylation sites (tertiary alicyclic amines) is 1. The van der Waals surface area contributed by atoms with E-state index in [1.54, 1.807) is 0 Å². The van der Waals surface area contributed by atoms with Crippen LogP contribution in [0.1, 0.15) is 53.4 Å².